The number of rotatable bonds is 5. The van der Waals surface area contributed by atoms with E-state index in [0.717, 1.165) is 5.56 Å². The Balaban J connectivity index is 1.67. The van der Waals surface area contributed by atoms with Gasteiger partial charge in [-0.2, -0.15) is 0 Å². The Morgan fingerprint density at radius 2 is 1.73 bits per heavy atom. The smallest absolute Gasteiger partial charge is 0.294 e. The van der Waals surface area contributed by atoms with Crippen molar-refractivity contribution >= 4 is 28.3 Å². The molecule has 0 aliphatic carbocycles. The molecule has 2 heterocycles. The molecule has 1 unspecified atom stereocenters. The van der Waals surface area contributed by atoms with Crippen LogP contribution in [0.15, 0.2) is 94.6 Å². The molecule has 0 radical (unpaired) electrons. The SMILES string of the molecule is COc1cccc2cc(C(=O)C3=C(O)C(=O)N(c4ccccc4C)C3c3ccccc3)oc12. The van der Waals surface area contributed by atoms with Crippen LogP contribution in [-0.2, 0) is 4.79 Å². The number of furan rings is 1. The van der Waals surface area contributed by atoms with Crippen LogP contribution < -0.4 is 9.64 Å². The number of aliphatic hydroxyl groups is 1. The van der Waals surface area contributed by atoms with Crippen molar-refractivity contribution in [3.05, 3.63) is 107 Å². The fourth-order valence-electron chi connectivity index (χ4n) is 4.31. The second-order valence-electron chi connectivity index (χ2n) is 7.86. The lowest BCUT2D eigenvalue weighted by Crippen LogP contribution is -2.31. The second-order valence-corrected chi connectivity index (χ2v) is 7.86. The summed E-state index contributed by atoms with van der Waals surface area (Å²) in [5.41, 5.74) is 2.58. The first-order chi connectivity index (χ1) is 16.0. The minimum atomic E-state index is -0.803. The van der Waals surface area contributed by atoms with Gasteiger partial charge < -0.3 is 14.3 Å². The van der Waals surface area contributed by atoms with Gasteiger partial charge in [0.15, 0.2) is 22.9 Å². The number of hydrogen-bond donors (Lipinski definition) is 1. The first-order valence-electron chi connectivity index (χ1n) is 10.5. The largest absolute Gasteiger partial charge is 0.503 e. The molecule has 1 aliphatic heterocycles. The topological polar surface area (TPSA) is 80.0 Å². The maximum absolute atomic E-state index is 13.7. The van der Waals surface area contributed by atoms with E-state index >= 15 is 0 Å². The van der Waals surface area contributed by atoms with E-state index in [0.29, 0.717) is 28.0 Å². The molecule has 1 N–H and O–H groups in total. The monoisotopic (exact) mass is 439 g/mol. The summed E-state index contributed by atoms with van der Waals surface area (Å²) >= 11 is 0. The minimum absolute atomic E-state index is 0.0209. The highest BCUT2D eigenvalue weighted by molar-refractivity contribution is 6.21. The maximum atomic E-state index is 13.7. The second kappa shape index (κ2) is 7.98. The zero-order chi connectivity index (χ0) is 23.1. The highest BCUT2D eigenvalue weighted by atomic mass is 16.5. The van der Waals surface area contributed by atoms with Crippen molar-refractivity contribution in [3.8, 4) is 5.75 Å². The number of benzene rings is 3. The number of anilines is 1. The Labute approximate surface area is 190 Å². The van der Waals surface area contributed by atoms with Crippen molar-refractivity contribution in [2.24, 2.45) is 0 Å². The zero-order valence-electron chi connectivity index (χ0n) is 18.1. The summed E-state index contributed by atoms with van der Waals surface area (Å²) in [6, 6.07) is 22.7. The first-order valence-corrected chi connectivity index (χ1v) is 10.5. The van der Waals surface area contributed by atoms with E-state index in [-0.39, 0.29) is 11.3 Å². The van der Waals surface area contributed by atoms with Crippen LogP contribution >= 0.6 is 0 Å². The average molecular weight is 439 g/mol. The van der Waals surface area contributed by atoms with E-state index in [1.54, 1.807) is 30.3 Å². The third-order valence-electron chi connectivity index (χ3n) is 5.89. The lowest BCUT2D eigenvalue weighted by Gasteiger charge is -2.28. The van der Waals surface area contributed by atoms with Crippen molar-refractivity contribution in [2.75, 3.05) is 12.0 Å². The number of carbonyl (C=O) groups excluding carboxylic acids is 2. The average Bonchev–Trinajstić information content (AvgIpc) is 3.39. The molecule has 1 aliphatic rings. The van der Waals surface area contributed by atoms with Gasteiger partial charge in [-0.05, 0) is 36.2 Å². The molecule has 6 nitrogen and oxygen atoms in total. The number of nitrogens with zero attached hydrogens (tertiary/aromatic N) is 1. The fraction of sp³-hybridized carbons (Fsp3) is 0.111. The van der Waals surface area contributed by atoms with E-state index < -0.39 is 23.5 Å². The molecule has 33 heavy (non-hydrogen) atoms. The number of methoxy groups -OCH3 is 1. The predicted octanol–water partition coefficient (Wildman–Crippen LogP) is 5.53. The Morgan fingerprint density at radius 3 is 2.45 bits per heavy atom. The minimum Gasteiger partial charge on any atom is -0.503 e. The van der Waals surface area contributed by atoms with Gasteiger partial charge in [-0.25, -0.2) is 0 Å². The van der Waals surface area contributed by atoms with Gasteiger partial charge in [0.05, 0.1) is 18.7 Å². The Morgan fingerprint density at radius 1 is 1.00 bits per heavy atom. The molecule has 3 aromatic carbocycles. The number of aryl methyl sites for hydroxylation is 1. The quantitative estimate of drug-likeness (QED) is 0.414. The van der Waals surface area contributed by atoms with Crippen molar-refractivity contribution < 1.29 is 23.8 Å². The number of aliphatic hydroxyl groups excluding tert-OH is 1. The predicted molar refractivity (Wildman–Crippen MR) is 125 cm³/mol. The standard InChI is InChI=1S/C27H21NO5/c1-16-9-6-7-13-19(16)28-23(17-10-4-3-5-11-17)22(25(30)27(28)31)24(29)21-15-18-12-8-14-20(32-2)26(18)33-21/h3-15,23,30H,1-2H3. The molecule has 0 spiro atoms. The van der Waals surface area contributed by atoms with Crippen molar-refractivity contribution in [1.82, 2.24) is 0 Å². The molecular formula is C27H21NO5. The van der Waals surface area contributed by atoms with Crippen LogP contribution in [0.2, 0.25) is 0 Å². The lowest BCUT2D eigenvalue weighted by molar-refractivity contribution is -0.117. The first kappa shape index (κ1) is 20.6. The highest BCUT2D eigenvalue weighted by Crippen LogP contribution is 2.43. The summed E-state index contributed by atoms with van der Waals surface area (Å²) in [5.74, 6) is -1.24. The van der Waals surface area contributed by atoms with E-state index in [2.05, 4.69) is 0 Å². The Bertz CT molecular complexity index is 1420. The summed E-state index contributed by atoms with van der Waals surface area (Å²) in [6.45, 7) is 1.88. The molecular weight excluding hydrogens is 418 g/mol. The number of ketones is 1. The number of amides is 1. The molecule has 6 heteroatoms. The highest BCUT2D eigenvalue weighted by Gasteiger charge is 2.45. The number of carbonyl (C=O) groups is 2. The van der Waals surface area contributed by atoms with Crippen LogP contribution in [0.25, 0.3) is 11.0 Å². The molecule has 0 fully saturated rings. The van der Waals surface area contributed by atoms with Crippen molar-refractivity contribution in [3.63, 3.8) is 0 Å². The lowest BCUT2D eigenvalue weighted by atomic mass is 9.94. The molecule has 4 aromatic rings. The molecule has 0 saturated heterocycles. The van der Waals surface area contributed by atoms with Crippen LogP contribution in [0.5, 0.6) is 5.75 Å². The van der Waals surface area contributed by atoms with Gasteiger partial charge in [-0.3, -0.25) is 14.5 Å². The van der Waals surface area contributed by atoms with Gasteiger partial charge in [0, 0.05) is 11.1 Å². The summed E-state index contributed by atoms with van der Waals surface area (Å²) in [7, 11) is 1.52. The van der Waals surface area contributed by atoms with Crippen LogP contribution in [0, 0.1) is 6.92 Å². The van der Waals surface area contributed by atoms with E-state index in [4.69, 9.17) is 9.15 Å². The van der Waals surface area contributed by atoms with Gasteiger partial charge in [0.25, 0.3) is 5.91 Å². The van der Waals surface area contributed by atoms with Gasteiger partial charge in [0.1, 0.15) is 0 Å². The number of para-hydroxylation sites is 2. The third-order valence-corrected chi connectivity index (χ3v) is 5.89. The molecule has 0 bridgehead atoms. The van der Waals surface area contributed by atoms with E-state index in [1.807, 2.05) is 55.5 Å². The normalized spacial score (nSPS) is 16.0. The van der Waals surface area contributed by atoms with E-state index in [9.17, 15) is 14.7 Å². The van der Waals surface area contributed by atoms with Gasteiger partial charge in [-0.1, -0.05) is 60.7 Å². The Kier molecular flexibility index (Phi) is 4.98. The van der Waals surface area contributed by atoms with Crippen LogP contribution in [-0.4, -0.2) is 23.9 Å². The molecule has 1 amide bonds. The van der Waals surface area contributed by atoms with Gasteiger partial charge in [-0.15, -0.1) is 0 Å². The van der Waals surface area contributed by atoms with Crippen LogP contribution in [0.3, 0.4) is 0 Å². The molecule has 164 valence electrons. The molecule has 1 atom stereocenters. The number of hydrogen-bond acceptors (Lipinski definition) is 5. The van der Waals surface area contributed by atoms with Gasteiger partial charge in [0.2, 0.25) is 5.78 Å². The van der Waals surface area contributed by atoms with Crippen LogP contribution in [0.1, 0.15) is 27.7 Å². The van der Waals surface area contributed by atoms with Crippen molar-refractivity contribution in [1.29, 1.82) is 0 Å². The molecule has 1 aromatic heterocycles. The summed E-state index contributed by atoms with van der Waals surface area (Å²) in [4.78, 5) is 28.4. The molecule has 5 rings (SSSR count). The number of fused-ring (bicyclic) bond motifs is 1. The third kappa shape index (κ3) is 3.27. The Hall–Kier alpha value is -4.32. The molecule has 0 saturated carbocycles. The summed E-state index contributed by atoms with van der Waals surface area (Å²) in [5, 5.41) is 11.6. The summed E-state index contributed by atoms with van der Waals surface area (Å²) < 4.78 is 11.2. The van der Waals surface area contributed by atoms with E-state index in [1.165, 1.54) is 12.0 Å². The van der Waals surface area contributed by atoms with Gasteiger partial charge >= 0.3 is 0 Å². The maximum Gasteiger partial charge on any atom is 0.294 e. The zero-order valence-corrected chi connectivity index (χ0v) is 18.1. The summed E-state index contributed by atoms with van der Waals surface area (Å²) in [6.07, 6.45) is 0. The number of ether oxygens (including phenoxy) is 1. The van der Waals surface area contributed by atoms with Crippen molar-refractivity contribution in [2.45, 2.75) is 13.0 Å². The number of Topliss-reactive ketones (excluding diaryl/α,β-unsaturated/α-hetero) is 1. The van der Waals surface area contributed by atoms with Crippen LogP contribution in [0.4, 0.5) is 5.69 Å². The fourth-order valence-corrected chi connectivity index (χ4v) is 4.31.